The summed E-state index contributed by atoms with van der Waals surface area (Å²) in [6.07, 6.45) is -4.58. The molecule has 0 spiro atoms. The number of halogens is 4. The Morgan fingerprint density at radius 3 is 2.19 bits per heavy atom. The maximum absolute atomic E-state index is 14.4. The highest BCUT2D eigenvalue weighted by Crippen LogP contribution is 2.36. The third kappa shape index (κ3) is 3.87. The molecule has 0 saturated carbocycles. The molecule has 4 nitrogen and oxygen atoms in total. The molecule has 0 bridgehead atoms. The molecule has 8 heteroatoms. The lowest BCUT2D eigenvalue weighted by Gasteiger charge is -2.16. The van der Waals surface area contributed by atoms with Crippen LogP contribution in [-0.2, 0) is 15.8 Å². The summed E-state index contributed by atoms with van der Waals surface area (Å²) in [6.45, 7) is 1.84. The summed E-state index contributed by atoms with van der Waals surface area (Å²) in [6, 6.07) is 16.3. The van der Waals surface area contributed by atoms with Crippen molar-refractivity contribution in [2.45, 2.75) is 13.1 Å². The Balaban J connectivity index is 1.83. The fraction of sp³-hybridized carbons (Fsp3) is 0.0833. The second-order valence-electron chi connectivity index (χ2n) is 7.22. The van der Waals surface area contributed by atoms with Crippen LogP contribution in [0.5, 0.6) is 0 Å². The zero-order valence-corrected chi connectivity index (χ0v) is 16.7. The van der Waals surface area contributed by atoms with E-state index < -0.39 is 29.4 Å². The zero-order valence-electron chi connectivity index (χ0n) is 16.7. The van der Waals surface area contributed by atoms with Crippen LogP contribution in [0, 0.1) is 12.7 Å². The van der Waals surface area contributed by atoms with Gasteiger partial charge < -0.3 is 5.32 Å². The van der Waals surface area contributed by atoms with Crippen LogP contribution in [0.15, 0.2) is 78.5 Å². The molecule has 162 valence electrons. The number of rotatable bonds is 4. The average Bonchev–Trinajstić information content (AvgIpc) is 2.98. The molecule has 1 N–H and O–H groups in total. The molecule has 2 amide bonds. The fourth-order valence-electron chi connectivity index (χ4n) is 3.40. The lowest BCUT2D eigenvalue weighted by Crippen LogP contribution is -2.33. The normalized spacial score (nSPS) is 14.3. The van der Waals surface area contributed by atoms with Gasteiger partial charge in [-0.25, -0.2) is 9.29 Å². The van der Waals surface area contributed by atoms with E-state index in [1.54, 1.807) is 24.3 Å². The molecule has 0 aliphatic carbocycles. The van der Waals surface area contributed by atoms with Crippen LogP contribution in [0.25, 0.3) is 5.57 Å². The standard InChI is InChI=1S/C24H16F4N2O2/c1-14-9-11-15(12-10-14)20-21(29-17-6-4-5-16(13-17)24(26,27)28)23(32)30(22(20)31)19-8-3-2-7-18(19)25/h2-13,29H,1H3. The number of anilines is 2. The van der Waals surface area contributed by atoms with Gasteiger partial charge in [0.05, 0.1) is 16.8 Å². The van der Waals surface area contributed by atoms with E-state index in [1.165, 1.54) is 30.3 Å². The van der Waals surface area contributed by atoms with E-state index >= 15 is 0 Å². The van der Waals surface area contributed by atoms with E-state index in [1.807, 2.05) is 6.92 Å². The number of benzene rings is 3. The summed E-state index contributed by atoms with van der Waals surface area (Å²) < 4.78 is 53.7. The zero-order chi connectivity index (χ0) is 23.0. The Morgan fingerprint density at radius 2 is 1.53 bits per heavy atom. The molecule has 0 atom stereocenters. The average molecular weight is 440 g/mol. The predicted octanol–water partition coefficient (Wildman–Crippen LogP) is 5.55. The van der Waals surface area contributed by atoms with Gasteiger partial charge in [-0.05, 0) is 42.8 Å². The molecule has 0 radical (unpaired) electrons. The molecular weight excluding hydrogens is 424 g/mol. The highest BCUT2D eigenvalue weighted by molar-refractivity contribution is 6.46. The minimum absolute atomic E-state index is 0.0315. The van der Waals surface area contributed by atoms with Crippen LogP contribution < -0.4 is 10.2 Å². The Kier molecular flexibility index (Phi) is 5.30. The number of para-hydroxylation sites is 1. The first kappa shape index (κ1) is 21.3. The minimum Gasteiger partial charge on any atom is -0.350 e. The molecule has 1 heterocycles. The van der Waals surface area contributed by atoms with Crippen LogP contribution in [0.2, 0.25) is 0 Å². The topological polar surface area (TPSA) is 49.4 Å². The summed E-state index contributed by atoms with van der Waals surface area (Å²) in [4.78, 5) is 27.1. The Morgan fingerprint density at radius 1 is 0.844 bits per heavy atom. The number of aryl methyl sites for hydroxylation is 1. The minimum atomic E-state index is -4.58. The van der Waals surface area contributed by atoms with Crippen LogP contribution >= 0.6 is 0 Å². The molecule has 0 aromatic heterocycles. The van der Waals surface area contributed by atoms with Crippen molar-refractivity contribution in [3.05, 3.63) is 101 Å². The summed E-state index contributed by atoms with van der Waals surface area (Å²) in [5.74, 6) is -2.43. The van der Waals surface area contributed by atoms with E-state index in [9.17, 15) is 27.2 Å². The first-order chi connectivity index (χ1) is 15.2. The smallest absolute Gasteiger partial charge is 0.350 e. The highest BCUT2D eigenvalue weighted by atomic mass is 19.4. The second kappa shape index (κ2) is 7.96. The number of carbonyl (C=O) groups is 2. The lowest BCUT2D eigenvalue weighted by molar-refractivity contribution is -0.137. The van der Waals surface area contributed by atoms with Gasteiger partial charge in [0.25, 0.3) is 11.8 Å². The molecule has 3 aromatic rings. The van der Waals surface area contributed by atoms with Gasteiger partial charge in [-0.15, -0.1) is 0 Å². The third-order valence-corrected chi connectivity index (χ3v) is 4.98. The number of alkyl halides is 3. The first-order valence-electron chi connectivity index (χ1n) is 9.56. The number of amides is 2. The van der Waals surface area contributed by atoms with Gasteiger partial charge in [-0.3, -0.25) is 9.59 Å². The van der Waals surface area contributed by atoms with Crippen LogP contribution in [0.1, 0.15) is 16.7 Å². The van der Waals surface area contributed by atoms with E-state index in [2.05, 4.69) is 5.32 Å². The molecule has 3 aromatic carbocycles. The quantitative estimate of drug-likeness (QED) is 0.428. The van der Waals surface area contributed by atoms with Crippen molar-refractivity contribution >= 4 is 28.8 Å². The van der Waals surface area contributed by atoms with Crippen molar-refractivity contribution in [1.29, 1.82) is 0 Å². The maximum atomic E-state index is 14.4. The van der Waals surface area contributed by atoms with Crippen molar-refractivity contribution in [1.82, 2.24) is 0 Å². The Labute approximate surface area is 180 Å². The van der Waals surface area contributed by atoms with Crippen molar-refractivity contribution in [3.8, 4) is 0 Å². The van der Waals surface area contributed by atoms with E-state index in [-0.39, 0.29) is 22.6 Å². The van der Waals surface area contributed by atoms with Crippen molar-refractivity contribution in [2.24, 2.45) is 0 Å². The van der Waals surface area contributed by atoms with Crippen LogP contribution in [0.4, 0.5) is 28.9 Å². The van der Waals surface area contributed by atoms with Crippen LogP contribution in [0.3, 0.4) is 0 Å². The number of nitrogens with zero attached hydrogens (tertiary/aromatic N) is 1. The van der Waals surface area contributed by atoms with Crippen molar-refractivity contribution < 1.29 is 27.2 Å². The molecular formula is C24H16F4N2O2. The van der Waals surface area contributed by atoms with Gasteiger partial charge in [0.1, 0.15) is 11.5 Å². The number of carbonyl (C=O) groups excluding carboxylic acids is 2. The molecule has 1 aliphatic heterocycles. The summed E-state index contributed by atoms with van der Waals surface area (Å²) in [5, 5.41) is 2.66. The monoisotopic (exact) mass is 440 g/mol. The van der Waals surface area contributed by atoms with Gasteiger partial charge >= 0.3 is 6.18 Å². The summed E-state index contributed by atoms with van der Waals surface area (Å²) in [7, 11) is 0. The SMILES string of the molecule is Cc1ccc(C2=C(Nc3cccc(C(F)(F)F)c3)C(=O)N(c3ccccc3F)C2=O)cc1. The van der Waals surface area contributed by atoms with Gasteiger partial charge in [0.2, 0.25) is 0 Å². The Bertz CT molecular complexity index is 1250. The highest BCUT2D eigenvalue weighted by Gasteiger charge is 2.41. The molecule has 4 rings (SSSR count). The van der Waals surface area contributed by atoms with Gasteiger partial charge in [-0.2, -0.15) is 13.2 Å². The summed E-state index contributed by atoms with van der Waals surface area (Å²) in [5.41, 5.74) is -0.199. The predicted molar refractivity (Wildman–Crippen MR) is 112 cm³/mol. The van der Waals surface area contributed by atoms with E-state index in [0.29, 0.717) is 10.5 Å². The molecule has 1 aliphatic rings. The number of imide groups is 1. The van der Waals surface area contributed by atoms with Crippen molar-refractivity contribution in [3.63, 3.8) is 0 Å². The molecule has 32 heavy (non-hydrogen) atoms. The number of hydrogen-bond donors (Lipinski definition) is 1. The Hall–Kier alpha value is -3.94. The van der Waals surface area contributed by atoms with Gasteiger partial charge in [-0.1, -0.05) is 48.0 Å². The largest absolute Gasteiger partial charge is 0.416 e. The molecule has 0 unspecified atom stereocenters. The number of nitrogens with one attached hydrogen (secondary N) is 1. The lowest BCUT2D eigenvalue weighted by atomic mass is 10.0. The third-order valence-electron chi connectivity index (χ3n) is 4.98. The van der Waals surface area contributed by atoms with Gasteiger partial charge in [0, 0.05) is 5.69 Å². The van der Waals surface area contributed by atoms with Crippen molar-refractivity contribution in [2.75, 3.05) is 10.2 Å². The first-order valence-corrected chi connectivity index (χ1v) is 9.56. The van der Waals surface area contributed by atoms with E-state index in [4.69, 9.17) is 0 Å². The maximum Gasteiger partial charge on any atom is 0.416 e. The van der Waals surface area contributed by atoms with E-state index in [0.717, 1.165) is 23.8 Å². The fourth-order valence-corrected chi connectivity index (χ4v) is 3.40. The van der Waals surface area contributed by atoms with Crippen LogP contribution in [-0.4, -0.2) is 11.8 Å². The summed E-state index contributed by atoms with van der Waals surface area (Å²) >= 11 is 0. The molecule has 0 fully saturated rings. The van der Waals surface area contributed by atoms with Gasteiger partial charge in [0.15, 0.2) is 0 Å². The molecule has 0 saturated heterocycles. The number of hydrogen-bond acceptors (Lipinski definition) is 3. The second-order valence-corrected chi connectivity index (χ2v) is 7.22.